The maximum atomic E-state index is 13.8. The highest BCUT2D eigenvalue weighted by molar-refractivity contribution is 6.21. The molecule has 0 saturated carbocycles. The molecule has 1 aliphatic heterocycles. The molecule has 0 radical (unpaired) electrons. The molecule has 2 amide bonds. The summed E-state index contributed by atoms with van der Waals surface area (Å²) in [5, 5.41) is 0. The van der Waals surface area contributed by atoms with Crippen LogP contribution in [0, 0.1) is 0 Å². The van der Waals surface area contributed by atoms with Crippen LogP contribution in [0.25, 0.3) is 0 Å². The third-order valence-corrected chi connectivity index (χ3v) is 10.7. The van der Waals surface area contributed by atoms with Crippen LogP contribution >= 0.6 is 0 Å². The quantitative estimate of drug-likeness (QED) is 0.0369. The van der Waals surface area contributed by atoms with Crippen molar-refractivity contribution in [3.63, 3.8) is 0 Å². The molecule has 282 valence electrons. The number of rotatable bonds is 26. The average Bonchev–Trinajstić information content (AvgIpc) is 3.46. The molecule has 1 unspecified atom stereocenters. The van der Waals surface area contributed by atoms with Crippen molar-refractivity contribution in [2.45, 2.75) is 121 Å². The molecule has 0 aromatic heterocycles. The molecule has 0 bridgehead atoms. The number of benzene rings is 4. The highest BCUT2D eigenvalue weighted by atomic mass is 16.5. The Morgan fingerprint density at radius 2 is 0.830 bits per heavy atom. The second-order valence-electron chi connectivity index (χ2n) is 14.6. The number of amides is 2. The Morgan fingerprint density at radius 1 is 0.472 bits per heavy atom. The number of hydrogen-bond donors (Lipinski definition) is 0. The third kappa shape index (κ3) is 11.2. The van der Waals surface area contributed by atoms with Crippen molar-refractivity contribution < 1.29 is 19.1 Å². The molecule has 0 saturated heterocycles. The van der Waals surface area contributed by atoms with E-state index >= 15 is 0 Å². The summed E-state index contributed by atoms with van der Waals surface area (Å²) in [6.07, 6.45) is 21.1. The molecule has 5 nitrogen and oxygen atoms in total. The maximum Gasteiger partial charge on any atom is 0.261 e. The van der Waals surface area contributed by atoms with Gasteiger partial charge in [0, 0.05) is 6.61 Å². The number of unbranched alkanes of at least 4 members (excludes halogenated alkanes) is 15. The van der Waals surface area contributed by atoms with Crippen molar-refractivity contribution in [1.82, 2.24) is 4.90 Å². The lowest BCUT2D eigenvalue weighted by Crippen LogP contribution is -2.47. The lowest BCUT2D eigenvalue weighted by atomic mass is 9.80. The van der Waals surface area contributed by atoms with Gasteiger partial charge in [0.25, 0.3) is 11.8 Å². The number of carbonyl (C=O) groups excluding carboxylic acids is 2. The van der Waals surface area contributed by atoms with E-state index in [4.69, 9.17) is 9.47 Å². The van der Waals surface area contributed by atoms with Gasteiger partial charge in [0.2, 0.25) is 0 Å². The molecule has 4 aromatic carbocycles. The lowest BCUT2D eigenvalue weighted by Gasteiger charge is -2.38. The van der Waals surface area contributed by atoms with Gasteiger partial charge in [0.1, 0.15) is 5.60 Å². The topological polar surface area (TPSA) is 55.8 Å². The van der Waals surface area contributed by atoms with Gasteiger partial charge in [-0.15, -0.1) is 0 Å². The summed E-state index contributed by atoms with van der Waals surface area (Å²) < 4.78 is 13.4. The van der Waals surface area contributed by atoms with Crippen molar-refractivity contribution >= 4 is 11.8 Å². The van der Waals surface area contributed by atoms with Gasteiger partial charge in [0.15, 0.2) is 0 Å². The van der Waals surface area contributed by atoms with E-state index < -0.39 is 11.6 Å². The summed E-state index contributed by atoms with van der Waals surface area (Å²) in [7, 11) is 0. The van der Waals surface area contributed by atoms with Crippen LogP contribution in [-0.4, -0.2) is 42.6 Å². The number of ether oxygens (including phenoxy) is 2. The molecule has 0 aliphatic carbocycles. The summed E-state index contributed by atoms with van der Waals surface area (Å²) in [6, 6.07) is 37.0. The zero-order valence-electron chi connectivity index (χ0n) is 32.1. The van der Waals surface area contributed by atoms with E-state index in [-0.39, 0.29) is 25.0 Å². The first-order chi connectivity index (χ1) is 26.2. The first kappa shape index (κ1) is 40.1. The molecule has 5 heteroatoms. The molecule has 0 spiro atoms. The van der Waals surface area contributed by atoms with Gasteiger partial charge in [-0.1, -0.05) is 206 Å². The standard InChI is InChI=1S/C48H61NO4/c1-2-3-4-5-6-7-8-9-10-11-12-13-14-15-16-28-37-52-38-43(49-46(50)44-35-26-27-36-45(44)47(49)51)39-53-48(40-29-20-17-21-30-40,41-31-22-18-23-32-41)42-33-24-19-25-34-42/h17-27,29-36,43H,2-16,28,37-39H2,1H3. The largest absolute Gasteiger partial charge is 0.379 e. The van der Waals surface area contributed by atoms with Crippen molar-refractivity contribution in [3.8, 4) is 0 Å². The predicted octanol–water partition coefficient (Wildman–Crippen LogP) is 11.9. The number of imide groups is 1. The van der Waals surface area contributed by atoms with Gasteiger partial charge in [-0.05, 0) is 35.2 Å². The van der Waals surface area contributed by atoms with Crippen molar-refractivity contribution in [1.29, 1.82) is 0 Å². The summed E-state index contributed by atoms with van der Waals surface area (Å²) in [6.45, 7) is 3.17. The van der Waals surface area contributed by atoms with Gasteiger partial charge in [-0.25, -0.2) is 0 Å². The molecule has 1 aliphatic rings. The molecule has 5 rings (SSSR count). The normalized spacial score (nSPS) is 13.4. The number of hydrogen-bond acceptors (Lipinski definition) is 4. The molecule has 1 heterocycles. The number of nitrogens with zero attached hydrogens (tertiary/aromatic N) is 1. The fourth-order valence-electron chi connectivity index (χ4n) is 7.70. The van der Waals surface area contributed by atoms with E-state index in [0.717, 1.165) is 29.5 Å². The fourth-order valence-corrected chi connectivity index (χ4v) is 7.70. The van der Waals surface area contributed by atoms with Crippen LogP contribution in [0.5, 0.6) is 0 Å². The Labute approximate surface area is 319 Å². The van der Waals surface area contributed by atoms with Crippen LogP contribution in [-0.2, 0) is 15.1 Å². The molecule has 53 heavy (non-hydrogen) atoms. The molecule has 0 fully saturated rings. The van der Waals surface area contributed by atoms with E-state index in [1.165, 1.54) is 94.8 Å². The predicted molar refractivity (Wildman–Crippen MR) is 216 cm³/mol. The van der Waals surface area contributed by atoms with Crippen molar-refractivity contribution in [2.75, 3.05) is 19.8 Å². The second kappa shape index (κ2) is 22.2. The minimum Gasteiger partial charge on any atom is -0.379 e. The molecular weight excluding hydrogens is 655 g/mol. The second-order valence-corrected chi connectivity index (χ2v) is 14.6. The Bertz CT molecular complexity index is 1490. The minimum atomic E-state index is -0.978. The van der Waals surface area contributed by atoms with Gasteiger partial charge in [0.05, 0.1) is 30.4 Å². The van der Waals surface area contributed by atoms with Crippen LogP contribution in [0.1, 0.15) is 147 Å². The fraction of sp³-hybridized carbons (Fsp3) is 0.458. The van der Waals surface area contributed by atoms with Crippen LogP contribution in [0.2, 0.25) is 0 Å². The summed E-state index contributed by atoms with van der Waals surface area (Å²) in [5.41, 5.74) is 2.78. The number of fused-ring (bicyclic) bond motifs is 1. The maximum absolute atomic E-state index is 13.8. The Kier molecular flexibility index (Phi) is 16.8. The van der Waals surface area contributed by atoms with E-state index in [0.29, 0.717) is 17.7 Å². The summed E-state index contributed by atoms with van der Waals surface area (Å²) in [4.78, 5) is 28.9. The minimum absolute atomic E-state index is 0.100. The van der Waals surface area contributed by atoms with Crippen LogP contribution in [0.3, 0.4) is 0 Å². The first-order valence-corrected chi connectivity index (χ1v) is 20.5. The Morgan fingerprint density at radius 3 is 1.23 bits per heavy atom. The van der Waals surface area contributed by atoms with Crippen molar-refractivity contribution in [2.24, 2.45) is 0 Å². The van der Waals surface area contributed by atoms with Crippen LogP contribution < -0.4 is 0 Å². The molecule has 0 N–H and O–H groups in total. The van der Waals surface area contributed by atoms with Gasteiger partial charge in [-0.2, -0.15) is 0 Å². The molecule has 4 aromatic rings. The zero-order valence-corrected chi connectivity index (χ0v) is 32.1. The highest BCUT2D eigenvalue weighted by Crippen LogP contribution is 2.41. The zero-order chi connectivity index (χ0) is 37.0. The van der Waals surface area contributed by atoms with Crippen LogP contribution in [0.4, 0.5) is 0 Å². The van der Waals surface area contributed by atoms with Gasteiger partial charge in [-0.3, -0.25) is 14.5 Å². The smallest absolute Gasteiger partial charge is 0.261 e. The highest BCUT2D eigenvalue weighted by Gasteiger charge is 2.43. The van der Waals surface area contributed by atoms with Crippen LogP contribution in [0.15, 0.2) is 115 Å². The Balaban J connectivity index is 1.16. The van der Waals surface area contributed by atoms with Crippen molar-refractivity contribution in [3.05, 3.63) is 143 Å². The molecular formula is C48H61NO4. The number of carbonyl (C=O) groups is 2. The first-order valence-electron chi connectivity index (χ1n) is 20.5. The average molecular weight is 716 g/mol. The third-order valence-electron chi connectivity index (χ3n) is 10.7. The summed E-state index contributed by atoms with van der Waals surface area (Å²) >= 11 is 0. The molecule has 1 atom stereocenters. The summed E-state index contributed by atoms with van der Waals surface area (Å²) in [5.74, 6) is -0.593. The van der Waals surface area contributed by atoms with E-state index in [2.05, 4.69) is 43.3 Å². The van der Waals surface area contributed by atoms with E-state index in [9.17, 15) is 9.59 Å². The Hall–Kier alpha value is -4.06. The van der Waals surface area contributed by atoms with Gasteiger partial charge < -0.3 is 9.47 Å². The van der Waals surface area contributed by atoms with Gasteiger partial charge >= 0.3 is 0 Å². The van der Waals surface area contributed by atoms with E-state index in [1.54, 1.807) is 24.3 Å². The van der Waals surface area contributed by atoms with E-state index in [1.807, 2.05) is 54.6 Å². The lowest BCUT2D eigenvalue weighted by molar-refractivity contribution is -0.0360. The SMILES string of the molecule is CCCCCCCCCCCCCCCCCCOCC(COC(c1ccccc1)(c1ccccc1)c1ccccc1)N1C(=O)c2ccccc2C1=O. The monoisotopic (exact) mass is 715 g/mol.